The van der Waals surface area contributed by atoms with Crippen molar-refractivity contribution in [3.05, 3.63) is 70.7 Å². The zero-order valence-electron chi connectivity index (χ0n) is 18.6. The second-order valence-electron chi connectivity index (χ2n) is 8.59. The number of likely N-dealkylation sites (tertiary alicyclic amines) is 1. The Hall–Kier alpha value is -2.67. The summed E-state index contributed by atoms with van der Waals surface area (Å²) in [7, 11) is 3.77. The Bertz CT molecular complexity index is 1260. The molecular weight excluding hydrogens is 418 g/mol. The van der Waals surface area contributed by atoms with Gasteiger partial charge in [0.05, 0.1) is 11.5 Å². The number of rotatable bonds is 7. The maximum atomic E-state index is 13.0. The second kappa shape index (κ2) is 9.06. The lowest BCUT2D eigenvalue weighted by Gasteiger charge is -2.16. The number of methoxy groups -OCH3 is 1. The van der Waals surface area contributed by atoms with Gasteiger partial charge in [0.1, 0.15) is 0 Å². The highest BCUT2D eigenvalue weighted by atomic mass is 32.1. The molecule has 1 N–H and O–H groups in total. The third-order valence-electron chi connectivity index (χ3n) is 6.49. The molecule has 4 aromatic rings. The number of hydrogen-bond acceptors (Lipinski definition) is 4. The standard InChI is InChI=1S/C26H29N3O2S/c1-28-15-19(20-7-3-5-9-22(20)28)17-29-13-11-18(16-29)24-21-8-4-6-10-23(21)32-25(24)26(30)27-12-14-31-2/h3-10,15,18H,11-14,16-17H2,1-2H3,(H,27,30). The number of ether oxygens (including phenoxy) is 1. The molecule has 1 atom stereocenters. The van der Waals surface area contributed by atoms with Gasteiger partial charge in [-0.1, -0.05) is 36.4 Å². The van der Waals surface area contributed by atoms with Crippen LogP contribution in [0.3, 0.4) is 0 Å². The van der Waals surface area contributed by atoms with Crippen LogP contribution in [0, 0.1) is 0 Å². The molecular formula is C26H29N3O2S. The minimum atomic E-state index is 0.0192. The van der Waals surface area contributed by atoms with Crippen molar-refractivity contribution in [3.63, 3.8) is 0 Å². The molecule has 1 aliphatic rings. The first-order valence-electron chi connectivity index (χ1n) is 11.2. The zero-order valence-corrected chi connectivity index (χ0v) is 19.5. The van der Waals surface area contributed by atoms with E-state index in [1.54, 1.807) is 18.4 Å². The molecule has 1 unspecified atom stereocenters. The molecule has 0 aliphatic carbocycles. The summed E-state index contributed by atoms with van der Waals surface area (Å²) in [6.45, 7) is 4.01. The van der Waals surface area contributed by atoms with Crippen molar-refractivity contribution in [3.8, 4) is 0 Å². The predicted octanol–water partition coefficient (Wildman–Crippen LogP) is 4.76. The van der Waals surface area contributed by atoms with Gasteiger partial charge >= 0.3 is 0 Å². The fraction of sp³-hybridized carbons (Fsp3) is 0.346. The van der Waals surface area contributed by atoms with E-state index < -0.39 is 0 Å². The molecule has 3 heterocycles. The van der Waals surface area contributed by atoms with Crippen molar-refractivity contribution in [1.82, 2.24) is 14.8 Å². The zero-order chi connectivity index (χ0) is 22.1. The van der Waals surface area contributed by atoms with Crippen LogP contribution in [-0.4, -0.2) is 48.7 Å². The number of aromatic nitrogens is 1. The minimum Gasteiger partial charge on any atom is -0.383 e. The Kier molecular flexibility index (Phi) is 6.00. The average Bonchev–Trinajstić information content (AvgIpc) is 3.50. The number of nitrogens with zero attached hydrogens (tertiary/aromatic N) is 2. The Morgan fingerprint density at radius 1 is 1.16 bits per heavy atom. The number of thiophene rings is 1. The van der Waals surface area contributed by atoms with E-state index in [1.165, 1.54) is 32.1 Å². The van der Waals surface area contributed by atoms with Gasteiger partial charge < -0.3 is 14.6 Å². The number of carbonyl (C=O) groups excluding carboxylic acids is 1. The number of para-hydroxylation sites is 1. The first-order chi connectivity index (χ1) is 15.7. The quantitative estimate of drug-likeness (QED) is 0.416. The third kappa shape index (κ3) is 3.94. The van der Waals surface area contributed by atoms with Gasteiger partial charge in [-0.05, 0) is 41.6 Å². The van der Waals surface area contributed by atoms with Gasteiger partial charge in [0.25, 0.3) is 5.91 Å². The van der Waals surface area contributed by atoms with Crippen molar-refractivity contribution in [2.75, 3.05) is 33.4 Å². The molecule has 2 aromatic heterocycles. The van der Waals surface area contributed by atoms with E-state index in [-0.39, 0.29) is 5.91 Å². The van der Waals surface area contributed by atoms with E-state index in [2.05, 4.69) is 76.6 Å². The van der Waals surface area contributed by atoms with Crippen LogP contribution in [0.4, 0.5) is 0 Å². The summed E-state index contributed by atoms with van der Waals surface area (Å²) >= 11 is 1.61. The topological polar surface area (TPSA) is 46.5 Å². The maximum absolute atomic E-state index is 13.0. The van der Waals surface area contributed by atoms with Crippen LogP contribution in [0.25, 0.3) is 21.0 Å². The predicted molar refractivity (Wildman–Crippen MR) is 132 cm³/mol. The Labute approximate surface area is 192 Å². The van der Waals surface area contributed by atoms with Gasteiger partial charge in [-0.25, -0.2) is 0 Å². The number of amides is 1. The number of carbonyl (C=O) groups is 1. The Morgan fingerprint density at radius 3 is 2.78 bits per heavy atom. The number of hydrogen-bond donors (Lipinski definition) is 1. The molecule has 5 nitrogen and oxygen atoms in total. The monoisotopic (exact) mass is 447 g/mol. The van der Waals surface area contributed by atoms with Gasteiger partial charge in [-0.15, -0.1) is 11.3 Å². The highest BCUT2D eigenvalue weighted by Crippen LogP contribution is 2.40. The van der Waals surface area contributed by atoms with E-state index >= 15 is 0 Å². The third-order valence-corrected chi connectivity index (χ3v) is 7.67. The number of benzene rings is 2. The van der Waals surface area contributed by atoms with E-state index in [9.17, 15) is 4.79 Å². The first-order valence-corrected chi connectivity index (χ1v) is 12.0. The summed E-state index contributed by atoms with van der Waals surface area (Å²) in [6.07, 6.45) is 3.33. The lowest BCUT2D eigenvalue weighted by Crippen LogP contribution is -2.27. The largest absolute Gasteiger partial charge is 0.383 e. The fourth-order valence-electron chi connectivity index (χ4n) is 4.99. The van der Waals surface area contributed by atoms with E-state index in [0.717, 1.165) is 30.9 Å². The first kappa shape index (κ1) is 21.2. The molecule has 0 spiro atoms. The molecule has 1 aliphatic heterocycles. The van der Waals surface area contributed by atoms with Crippen LogP contribution in [0.5, 0.6) is 0 Å². The van der Waals surface area contributed by atoms with Crippen molar-refractivity contribution in [2.24, 2.45) is 7.05 Å². The molecule has 166 valence electrons. The maximum Gasteiger partial charge on any atom is 0.261 e. The fourth-order valence-corrected chi connectivity index (χ4v) is 6.20. The second-order valence-corrected chi connectivity index (χ2v) is 9.65. The van der Waals surface area contributed by atoms with Crippen LogP contribution in [0.1, 0.15) is 33.1 Å². The van der Waals surface area contributed by atoms with Gasteiger partial charge in [0.2, 0.25) is 0 Å². The SMILES string of the molecule is COCCNC(=O)c1sc2ccccc2c1C1CCN(Cc2cn(C)c3ccccc23)C1. The van der Waals surface area contributed by atoms with Crippen LogP contribution < -0.4 is 5.32 Å². The summed E-state index contributed by atoms with van der Waals surface area (Å²) in [5, 5.41) is 5.59. The summed E-state index contributed by atoms with van der Waals surface area (Å²) in [5.74, 6) is 0.384. The molecule has 5 rings (SSSR count). The van der Waals surface area contributed by atoms with Gasteiger partial charge in [0.15, 0.2) is 0 Å². The average molecular weight is 448 g/mol. The molecule has 6 heteroatoms. The molecule has 0 bridgehead atoms. The van der Waals surface area contributed by atoms with E-state index in [0.29, 0.717) is 19.1 Å². The van der Waals surface area contributed by atoms with E-state index in [1.807, 2.05) is 0 Å². The Morgan fingerprint density at radius 2 is 1.94 bits per heavy atom. The van der Waals surface area contributed by atoms with Crippen LogP contribution in [0.15, 0.2) is 54.7 Å². The van der Waals surface area contributed by atoms with Crippen LogP contribution in [0.2, 0.25) is 0 Å². The summed E-state index contributed by atoms with van der Waals surface area (Å²) in [5.41, 5.74) is 3.87. The number of aryl methyl sites for hydroxylation is 1. The van der Waals surface area contributed by atoms with Crippen molar-refractivity contribution in [1.29, 1.82) is 0 Å². The minimum absolute atomic E-state index is 0.0192. The van der Waals surface area contributed by atoms with Crippen molar-refractivity contribution < 1.29 is 9.53 Å². The van der Waals surface area contributed by atoms with Gasteiger partial charge in [0, 0.05) is 61.5 Å². The number of fused-ring (bicyclic) bond motifs is 2. The highest BCUT2D eigenvalue weighted by Gasteiger charge is 2.30. The molecule has 1 fully saturated rings. The summed E-state index contributed by atoms with van der Waals surface area (Å²) in [6, 6.07) is 17.0. The molecule has 1 saturated heterocycles. The van der Waals surface area contributed by atoms with Crippen LogP contribution >= 0.6 is 11.3 Å². The molecule has 0 saturated carbocycles. The van der Waals surface area contributed by atoms with E-state index in [4.69, 9.17) is 4.74 Å². The lowest BCUT2D eigenvalue weighted by molar-refractivity contribution is 0.0940. The molecule has 0 radical (unpaired) electrons. The molecule has 2 aromatic carbocycles. The normalized spacial score (nSPS) is 16.9. The van der Waals surface area contributed by atoms with Crippen molar-refractivity contribution >= 4 is 38.2 Å². The summed E-state index contributed by atoms with van der Waals surface area (Å²) in [4.78, 5) is 16.4. The Balaban J connectivity index is 1.40. The lowest BCUT2D eigenvalue weighted by atomic mass is 9.95. The number of nitrogens with one attached hydrogen (secondary N) is 1. The smallest absolute Gasteiger partial charge is 0.261 e. The highest BCUT2D eigenvalue weighted by molar-refractivity contribution is 7.21. The van der Waals surface area contributed by atoms with Gasteiger partial charge in [-0.3, -0.25) is 9.69 Å². The van der Waals surface area contributed by atoms with Crippen LogP contribution in [-0.2, 0) is 18.3 Å². The molecule has 1 amide bonds. The summed E-state index contributed by atoms with van der Waals surface area (Å²) < 4.78 is 8.50. The van der Waals surface area contributed by atoms with Gasteiger partial charge in [-0.2, -0.15) is 0 Å². The molecule has 32 heavy (non-hydrogen) atoms. The van der Waals surface area contributed by atoms with Crippen molar-refractivity contribution in [2.45, 2.75) is 18.9 Å².